The molecule has 0 amide bonds. The molecule has 1 aliphatic rings. The third kappa shape index (κ3) is 3.84. The summed E-state index contributed by atoms with van der Waals surface area (Å²) in [7, 11) is -4.02. The van der Waals surface area contributed by atoms with Crippen LogP contribution in [-0.2, 0) is 14.8 Å². The van der Waals surface area contributed by atoms with Crippen LogP contribution in [0.5, 0.6) is 0 Å². The summed E-state index contributed by atoms with van der Waals surface area (Å²) in [5.74, 6) is -1.09. The number of hydrogen-bond acceptors (Lipinski definition) is 5. The number of carboxylic acids is 1. The zero-order valence-corrected chi connectivity index (χ0v) is 15.5. The number of carbonyl (C=O) groups is 1. The number of anilines is 1. The van der Waals surface area contributed by atoms with Crippen LogP contribution in [0.1, 0.15) is 34.8 Å². The van der Waals surface area contributed by atoms with Crippen LogP contribution in [0.3, 0.4) is 0 Å². The van der Waals surface area contributed by atoms with Crippen LogP contribution < -0.4 is 4.72 Å². The largest absolute Gasteiger partial charge is 0.478 e. The Bertz CT molecular complexity index is 935. The molecular weight excluding hydrogens is 382 g/mol. The standard InChI is InChI=1S/C16H18ClN3O5S/c1-10-13(16(21)22)8-12(9-14(10)17)26(23,24)19-15-2-5-20(18-15)11-3-6-25-7-4-11/h2,5,8-9,11H,3-4,6-7H2,1H3,(H,18,19)(H,21,22). The van der Waals surface area contributed by atoms with Crippen LogP contribution in [0.15, 0.2) is 29.3 Å². The van der Waals surface area contributed by atoms with E-state index < -0.39 is 16.0 Å². The minimum Gasteiger partial charge on any atom is -0.478 e. The van der Waals surface area contributed by atoms with Gasteiger partial charge in [0.05, 0.1) is 16.5 Å². The van der Waals surface area contributed by atoms with Crippen molar-refractivity contribution in [3.63, 3.8) is 0 Å². The van der Waals surface area contributed by atoms with Gasteiger partial charge >= 0.3 is 5.97 Å². The molecule has 3 rings (SSSR count). The lowest BCUT2D eigenvalue weighted by atomic mass is 10.1. The molecule has 0 unspecified atom stereocenters. The van der Waals surface area contributed by atoms with E-state index in [1.54, 1.807) is 16.9 Å². The molecule has 2 aromatic rings. The van der Waals surface area contributed by atoms with Gasteiger partial charge in [0.15, 0.2) is 5.82 Å². The molecule has 26 heavy (non-hydrogen) atoms. The molecule has 140 valence electrons. The smallest absolute Gasteiger partial charge is 0.336 e. The third-order valence-electron chi connectivity index (χ3n) is 4.27. The molecule has 0 atom stereocenters. The van der Waals surface area contributed by atoms with Crippen LogP contribution in [0.4, 0.5) is 5.82 Å². The average molecular weight is 400 g/mol. The lowest BCUT2D eigenvalue weighted by Gasteiger charge is -2.22. The number of rotatable bonds is 5. The number of hydrogen-bond donors (Lipinski definition) is 2. The first-order valence-corrected chi connectivity index (χ1v) is 9.83. The molecule has 0 bridgehead atoms. The SMILES string of the molecule is Cc1c(Cl)cc(S(=O)(=O)Nc2ccn(C3CCOCC3)n2)cc1C(=O)O. The van der Waals surface area contributed by atoms with E-state index in [0.717, 1.165) is 18.9 Å². The highest BCUT2D eigenvalue weighted by Crippen LogP contribution is 2.26. The summed E-state index contributed by atoms with van der Waals surface area (Å²) < 4.78 is 34.6. The van der Waals surface area contributed by atoms with Crippen molar-refractivity contribution in [2.24, 2.45) is 0 Å². The zero-order valence-electron chi connectivity index (χ0n) is 14.0. The molecule has 10 heteroatoms. The van der Waals surface area contributed by atoms with E-state index in [9.17, 15) is 18.3 Å². The van der Waals surface area contributed by atoms with Gasteiger partial charge in [0, 0.05) is 30.5 Å². The Kier molecular flexibility index (Phi) is 5.22. The molecule has 1 aromatic carbocycles. The summed E-state index contributed by atoms with van der Waals surface area (Å²) in [5, 5.41) is 13.5. The maximum atomic E-state index is 12.6. The minimum atomic E-state index is -4.02. The first-order chi connectivity index (χ1) is 12.3. The van der Waals surface area contributed by atoms with Gasteiger partial charge < -0.3 is 9.84 Å². The van der Waals surface area contributed by atoms with Gasteiger partial charge in [0.2, 0.25) is 0 Å². The van der Waals surface area contributed by atoms with E-state index in [-0.39, 0.29) is 27.3 Å². The van der Waals surface area contributed by atoms with Crippen molar-refractivity contribution >= 4 is 33.4 Å². The molecule has 8 nitrogen and oxygen atoms in total. The second-order valence-corrected chi connectivity index (χ2v) is 8.10. The van der Waals surface area contributed by atoms with Crippen LogP contribution in [0.2, 0.25) is 5.02 Å². The molecule has 2 heterocycles. The summed E-state index contributed by atoms with van der Waals surface area (Å²) in [5.41, 5.74) is 0.146. The second kappa shape index (κ2) is 7.26. The Balaban J connectivity index is 1.85. The van der Waals surface area contributed by atoms with Gasteiger partial charge in [-0.05, 0) is 37.5 Å². The van der Waals surface area contributed by atoms with Crippen molar-refractivity contribution in [1.82, 2.24) is 9.78 Å². The highest BCUT2D eigenvalue weighted by molar-refractivity contribution is 7.92. The molecule has 1 saturated heterocycles. The zero-order chi connectivity index (χ0) is 18.9. The molecule has 1 aliphatic heterocycles. The van der Waals surface area contributed by atoms with Crippen molar-refractivity contribution in [3.05, 3.63) is 40.5 Å². The molecule has 0 spiro atoms. The van der Waals surface area contributed by atoms with Crippen LogP contribution in [0.25, 0.3) is 0 Å². The number of aromatic carboxylic acids is 1. The van der Waals surface area contributed by atoms with Gasteiger partial charge in [0.25, 0.3) is 10.0 Å². The predicted molar refractivity (Wildman–Crippen MR) is 95.3 cm³/mol. The van der Waals surface area contributed by atoms with Gasteiger partial charge in [-0.1, -0.05) is 11.6 Å². The van der Waals surface area contributed by atoms with E-state index in [4.69, 9.17) is 16.3 Å². The summed E-state index contributed by atoms with van der Waals surface area (Å²) in [6, 6.07) is 4.03. The summed E-state index contributed by atoms with van der Waals surface area (Å²) >= 11 is 5.99. The summed E-state index contributed by atoms with van der Waals surface area (Å²) in [6.45, 7) is 2.81. The minimum absolute atomic E-state index is 0.0676. The van der Waals surface area contributed by atoms with Crippen LogP contribution in [-0.4, -0.2) is 42.5 Å². The Morgan fingerprint density at radius 3 is 2.73 bits per heavy atom. The second-order valence-electron chi connectivity index (χ2n) is 6.01. The number of benzene rings is 1. The number of ether oxygens (including phenoxy) is 1. The van der Waals surface area contributed by atoms with Gasteiger partial charge in [-0.25, -0.2) is 13.2 Å². The Morgan fingerprint density at radius 1 is 1.38 bits per heavy atom. The average Bonchev–Trinajstić information content (AvgIpc) is 3.05. The predicted octanol–water partition coefficient (Wildman–Crippen LogP) is 2.70. The van der Waals surface area contributed by atoms with E-state index >= 15 is 0 Å². The van der Waals surface area contributed by atoms with Crippen molar-refractivity contribution in [1.29, 1.82) is 0 Å². The molecular formula is C16H18ClN3O5S. The first kappa shape index (κ1) is 18.7. The van der Waals surface area contributed by atoms with Gasteiger partial charge in [0.1, 0.15) is 0 Å². The topological polar surface area (TPSA) is 111 Å². The number of carboxylic acid groups (broad SMARTS) is 1. The monoisotopic (exact) mass is 399 g/mol. The highest BCUT2D eigenvalue weighted by atomic mass is 35.5. The maximum Gasteiger partial charge on any atom is 0.336 e. The molecule has 0 radical (unpaired) electrons. The fourth-order valence-corrected chi connectivity index (χ4v) is 4.11. The number of nitrogens with zero attached hydrogens (tertiary/aromatic N) is 2. The summed E-state index contributed by atoms with van der Waals surface area (Å²) in [4.78, 5) is 11.1. The fraction of sp³-hybridized carbons (Fsp3) is 0.375. The molecule has 0 aliphatic carbocycles. The lowest BCUT2D eigenvalue weighted by Crippen LogP contribution is -2.20. The van der Waals surface area contributed by atoms with Crippen LogP contribution in [0, 0.1) is 6.92 Å². The first-order valence-electron chi connectivity index (χ1n) is 7.97. The molecule has 1 fully saturated rings. The van der Waals surface area contributed by atoms with E-state index in [1.807, 2.05) is 0 Å². The number of sulfonamides is 1. The van der Waals surface area contributed by atoms with E-state index in [2.05, 4.69) is 9.82 Å². The highest BCUT2D eigenvalue weighted by Gasteiger charge is 2.22. The Hall–Kier alpha value is -2.10. The number of aromatic nitrogens is 2. The van der Waals surface area contributed by atoms with Gasteiger partial charge in [-0.3, -0.25) is 9.40 Å². The van der Waals surface area contributed by atoms with Gasteiger partial charge in [-0.15, -0.1) is 0 Å². The molecule has 0 saturated carbocycles. The maximum absolute atomic E-state index is 12.6. The van der Waals surface area contributed by atoms with Crippen molar-refractivity contribution in [2.45, 2.75) is 30.7 Å². The Labute approximate surface area is 155 Å². The van der Waals surface area contributed by atoms with Crippen molar-refractivity contribution < 1.29 is 23.1 Å². The molecule has 2 N–H and O–H groups in total. The third-order valence-corrected chi connectivity index (χ3v) is 6.00. The van der Waals surface area contributed by atoms with E-state index in [0.29, 0.717) is 18.8 Å². The number of nitrogens with one attached hydrogen (secondary N) is 1. The molecule has 1 aromatic heterocycles. The lowest BCUT2D eigenvalue weighted by molar-refractivity contribution is 0.0663. The van der Waals surface area contributed by atoms with Crippen molar-refractivity contribution in [3.8, 4) is 0 Å². The van der Waals surface area contributed by atoms with Gasteiger partial charge in [-0.2, -0.15) is 5.10 Å². The van der Waals surface area contributed by atoms with Crippen LogP contribution >= 0.6 is 11.6 Å². The number of halogens is 1. The quantitative estimate of drug-likeness (QED) is 0.799. The van der Waals surface area contributed by atoms with Crippen molar-refractivity contribution in [2.75, 3.05) is 17.9 Å². The normalized spacial score (nSPS) is 15.8. The van der Waals surface area contributed by atoms with E-state index in [1.165, 1.54) is 13.0 Å². The summed E-state index contributed by atoms with van der Waals surface area (Å²) in [6.07, 6.45) is 3.32. The Morgan fingerprint density at radius 2 is 2.08 bits per heavy atom. The fourth-order valence-electron chi connectivity index (χ4n) is 2.77.